The number of carbonyl (C=O) groups is 1. The zero-order valence-electron chi connectivity index (χ0n) is 8.70. The molecular formula is C11H10ClNO2S. The zero-order valence-corrected chi connectivity index (χ0v) is 10.3. The topological polar surface area (TPSA) is 39.2 Å². The molecule has 0 bridgehead atoms. The van der Waals surface area contributed by atoms with Crippen molar-refractivity contribution in [2.45, 2.75) is 13.3 Å². The van der Waals surface area contributed by atoms with Crippen LogP contribution in [0.4, 0.5) is 0 Å². The van der Waals surface area contributed by atoms with Crippen LogP contribution in [0.15, 0.2) is 18.2 Å². The van der Waals surface area contributed by atoms with Crippen molar-refractivity contribution < 1.29 is 9.53 Å². The second-order valence-corrected chi connectivity index (χ2v) is 4.49. The first-order valence-electron chi connectivity index (χ1n) is 4.90. The van der Waals surface area contributed by atoms with Crippen LogP contribution in [0, 0.1) is 0 Å². The lowest BCUT2D eigenvalue weighted by Crippen LogP contribution is -2.07. The van der Waals surface area contributed by atoms with Gasteiger partial charge in [-0.15, -0.1) is 0 Å². The van der Waals surface area contributed by atoms with Crippen LogP contribution < -0.4 is 0 Å². The average molecular weight is 256 g/mol. The van der Waals surface area contributed by atoms with Crippen LogP contribution in [0.25, 0.3) is 10.1 Å². The van der Waals surface area contributed by atoms with Crippen molar-refractivity contribution >= 4 is 39.2 Å². The van der Waals surface area contributed by atoms with E-state index < -0.39 is 0 Å². The maximum absolute atomic E-state index is 11.3. The second-order valence-electron chi connectivity index (χ2n) is 3.25. The third-order valence-corrected chi connectivity index (χ3v) is 3.22. The molecule has 0 spiro atoms. The van der Waals surface area contributed by atoms with Gasteiger partial charge in [-0.1, -0.05) is 11.6 Å². The van der Waals surface area contributed by atoms with Crippen molar-refractivity contribution in [3.8, 4) is 0 Å². The van der Waals surface area contributed by atoms with E-state index in [0.29, 0.717) is 11.6 Å². The fourth-order valence-electron chi connectivity index (χ4n) is 1.44. The Balaban J connectivity index is 2.30. The summed E-state index contributed by atoms with van der Waals surface area (Å²) in [6, 6.07) is 5.55. The van der Waals surface area contributed by atoms with Gasteiger partial charge in [0.1, 0.15) is 0 Å². The molecule has 1 aromatic heterocycles. The highest BCUT2D eigenvalue weighted by Crippen LogP contribution is 2.26. The summed E-state index contributed by atoms with van der Waals surface area (Å²) in [5.74, 6) is -0.255. The van der Waals surface area contributed by atoms with Crippen LogP contribution in [0.1, 0.15) is 12.6 Å². The van der Waals surface area contributed by atoms with Crippen molar-refractivity contribution in [3.63, 3.8) is 0 Å². The Morgan fingerprint density at radius 3 is 3.12 bits per heavy atom. The summed E-state index contributed by atoms with van der Waals surface area (Å²) in [5.41, 5.74) is 0.737. The van der Waals surface area contributed by atoms with E-state index >= 15 is 0 Å². The Bertz CT molecular complexity index is 524. The molecule has 1 aromatic carbocycles. The highest BCUT2D eigenvalue weighted by molar-refractivity contribution is 7.13. The summed E-state index contributed by atoms with van der Waals surface area (Å²) in [4.78, 5) is 11.3. The predicted octanol–water partition coefficient (Wildman–Crippen LogP) is 3.06. The van der Waals surface area contributed by atoms with E-state index in [2.05, 4.69) is 4.37 Å². The van der Waals surface area contributed by atoms with E-state index in [9.17, 15) is 4.79 Å². The fraction of sp³-hybridized carbons (Fsp3) is 0.273. The van der Waals surface area contributed by atoms with Gasteiger partial charge in [0.2, 0.25) is 0 Å². The zero-order chi connectivity index (χ0) is 11.5. The molecule has 5 heteroatoms. The lowest BCUT2D eigenvalue weighted by Gasteiger charge is -1.99. The molecule has 3 nitrogen and oxygen atoms in total. The maximum atomic E-state index is 11.3. The van der Waals surface area contributed by atoms with Crippen LogP contribution in [-0.2, 0) is 16.0 Å². The molecule has 0 saturated carbocycles. The molecule has 0 amide bonds. The number of hydrogen-bond acceptors (Lipinski definition) is 4. The number of benzene rings is 1. The van der Waals surface area contributed by atoms with Gasteiger partial charge in [-0.25, -0.2) is 0 Å². The van der Waals surface area contributed by atoms with Crippen LogP contribution in [0.5, 0.6) is 0 Å². The highest BCUT2D eigenvalue weighted by Gasteiger charge is 2.11. The average Bonchev–Trinajstić information content (AvgIpc) is 2.61. The molecule has 0 radical (unpaired) electrons. The van der Waals surface area contributed by atoms with E-state index in [4.69, 9.17) is 16.3 Å². The Kier molecular flexibility index (Phi) is 3.41. The molecule has 2 rings (SSSR count). The van der Waals surface area contributed by atoms with Crippen molar-refractivity contribution in [2.24, 2.45) is 0 Å². The molecule has 1 heterocycles. The number of nitrogens with zero attached hydrogens (tertiary/aromatic N) is 1. The molecule has 0 fully saturated rings. The Morgan fingerprint density at radius 1 is 1.56 bits per heavy atom. The summed E-state index contributed by atoms with van der Waals surface area (Å²) >= 11 is 7.27. The number of rotatable bonds is 3. The molecule has 84 valence electrons. The maximum Gasteiger partial charge on any atom is 0.311 e. The normalized spacial score (nSPS) is 10.6. The van der Waals surface area contributed by atoms with E-state index in [0.717, 1.165) is 15.8 Å². The molecule has 0 N–H and O–H groups in total. The molecule has 0 atom stereocenters. The standard InChI is InChI=1S/C11H10ClNO2S/c1-2-15-11(14)6-9-8-5-7(12)3-4-10(8)16-13-9/h3-5H,2,6H2,1H3. The molecule has 0 aliphatic heterocycles. The SMILES string of the molecule is CCOC(=O)Cc1nsc2ccc(Cl)cc12. The second kappa shape index (κ2) is 4.80. The van der Waals surface area contributed by atoms with Crippen LogP contribution in [0.2, 0.25) is 5.02 Å². The van der Waals surface area contributed by atoms with Crippen molar-refractivity contribution in [1.82, 2.24) is 4.37 Å². The summed E-state index contributed by atoms with van der Waals surface area (Å²) in [6.07, 6.45) is 0.203. The summed E-state index contributed by atoms with van der Waals surface area (Å²) in [7, 11) is 0. The predicted molar refractivity (Wildman–Crippen MR) is 65.0 cm³/mol. The lowest BCUT2D eigenvalue weighted by molar-refractivity contribution is -0.142. The van der Waals surface area contributed by atoms with Gasteiger partial charge in [-0.3, -0.25) is 4.79 Å². The minimum Gasteiger partial charge on any atom is -0.466 e. The van der Waals surface area contributed by atoms with Gasteiger partial charge in [-0.05, 0) is 36.7 Å². The molecule has 0 unspecified atom stereocenters. The molecule has 2 aromatic rings. The molecule has 16 heavy (non-hydrogen) atoms. The molecule has 0 saturated heterocycles. The Morgan fingerprint density at radius 2 is 2.38 bits per heavy atom. The molecule has 0 aliphatic carbocycles. The first-order chi connectivity index (χ1) is 7.70. The first kappa shape index (κ1) is 11.4. The number of ether oxygens (including phenoxy) is 1. The minimum atomic E-state index is -0.255. The fourth-order valence-corrected chi connectivity index (χ4v) is 2.38. The van der Waals surface area contributed by atoms with Gasteiger partial charge >= 0.3 is 5.97 Å². The van der Waals surface area contributed by atoms with Crippen LogP contribution >= 0.6 is 23.1 Å². The first-order valence-corrected chi connectivity index (χ1v) is 6.05. The summed E-state index contributed by atoms with van der Waals surface area (Å²) in [6.45, 7) is 2.18. The number of carbonyl (C=O) groups excluding carboxylic acids is 1. The Labute approximate surface area is 102 Å². The third kappa shape index (κ3) is 2.33. The van der Waals surface area contributed by atoms with E-state index in [-0.39, 0.29) is 12.4 Å². The van der Waals surface area contributed by atoms with E-state index in [1.54, 1.807) is 6.92 Å². The molecule has 0 aliphatic rings. The van der Waals surface area contributed by atoms with Gasteiger partial charge in [0.15, 0.2) is 0 Å². The number of esters is 1. The monoisotopic (exact) mass is 255 g/mol. The third-order valence-electron chi connectivity index (χ3n) is 2.12. The highest BCUT2D eigenvalue weighted by atomic mass is 35.5. The summed E-state index contributed by atoms with van der Waals surface area (Å²) in [5, 5.41) is 1.59. The van der Waals surface area contributed by atoms with Gasteiger partial charge < -0.3 is 4.74 Å². The van der Waals surface area contributed by atoms with E-state index in [1.807, 2.05) is 18.2 Å². The van der Waals surface area contributed by atoms with Crippen LogP contribution in [-0.4, -0.2) is 16.9 Å². The van der Waals surface area contributed by atoms with Crippen molar-refractivity contribution in [3.05, 3.63) is 28.9 Å². The Hall–Kier alpha value is -1.13. The number of hydrogen-bond donors (Lipinski definition) is 0. The number of halogens is 1. The minimum absolute atomic E-state index is 0.203. The van der Waals surface area contributed by atoms with Crippen molar-refractivity contribution in [1.29, 1.82) is 0 Å². The van der Waals surface area contributed by atoms with Gasteiger partial charge in [0.05, 0.1) is 23.4 Å². The van der Waals surface area contributed by atoms with Gasteiger partial charge in [0.25, 0.3) is 0 Å². The molecular weight excluding hydrogens is 246 g/mol. The van der Waals surface area contributed by atoms with E-state index in [1.165, 1.54) is 11.5 Å². The smallest absolute Gasteiger partial charge is 0.311 e. The number of fused-ring (bicyclic) bond motifs is 1. The summed E-state index contributed by atoms with van der Waals surface area (Å²) < 4.78 is 10.2. The largest absolute Gasteiger partial charge is 0.466 e. The van der Waals surface area contributed by atoms with Crippen LogP contribution in [0.3, 0.4) is 0 Å². The number of aromatic nitrogens is 1. The quantitative estimate of drug-likeness (QED) is 0.792. The van der Waals surface area contributed by atoms with Gasteiger partial charge in [0, 0.05) is 10.4 Å². The van der Waals surface area contributed by atoms with Crippen molar-refractivity contribution in [2.75, 3.05) is 6.61 Å². The lowest BCUT2D eigenvalue weighted by atomic mass is 10.2. The van der Waals surface area contributed by atoms with Gasteiger partial charge in [-0.2, -0.15) is 4.37 Å².